The number of nitro benzene ring substituents is 1. The minimum absolute atomic E-state index is 0.0502. The predicted molar refractivity (Wildman–Crippen MR) is 97.0 cm³/mol. The number of rotatable bonds is 8. The first-order valence-corrected chi connectivity index (χ1v) is 8.15. The minimum Gasteiger partial charge on any atom is -0.462 e. The van der Waals surface area contributed by atoms with Crippen LogP contribution in [0.25, 0.3) is 5.70 Å². The fourth-order valence-corrected chi connectivity index (χ4v) is 2.15. The van der Waals surface area contributed by atoms with Crippen molar-refractivity contribution < 1.29 is 18.8 Å². The molecule has 136 valence electrons. The number of ether oxygens (including phenoxy) is 1. The van der Waals surface area contributed by atoms with Gasteiger partial charge in [0.2, 0.25) is 0 Å². The van der Waals surface area contributed by atoms with Gasteiger partial charge in [0, 0.05) is 29.5 Å². The van der Waals surface area contributed by atoms with E-state index in [1.807, 2.05) is 6.92 Å². The summed E-state index contributed by atoms with van der Waals surface area (Å²) in [5, 5.41) is 13.7. The monoisotopic (exact) mass is 358 g/mol. The first-order valence-electron chi connectivity index (χ1n) is 8.15. The average Bonchev–Trinajstić information content (AvgIpc) is 2.62. The number of nitrogens with zero attached hydrogens (tertiary/aromatic N) is 1. The molecule has 0 aliphatic rings. The average molecular weight is 358 g/mol. The second kappa shape index (κ2) is 9.31. The lowest BCUT2D eigenvalue weighted by molar-refractivity contribution is -0.384. The van der Waals surface area contributed by atoms with E-state index in [0.717, 1.165) is 12.8 Å². The van der Waals surface area contributed by atoms with E-state index in [9.17, 15) is 19.3 Å². The Bertz CT molecular complexity index is 803. The number of non-ortho nitro benzene ring substituents is 1. The molecule has 6 nitrogen and oxygen atoms in total. The maximum absolute atomic E-state index is 13.5. The third-order valence-corrected chi connectivity index (χ3v) is 3.50. The van der Waals surface area contributed by atoms with Gasteiger partial charge in [0.15, 0.2) is 0 Å². The van der Waals surface area contributed by atoms with Gasteiger partial charge in [-0.05, 0) is 30.7 Å². The van der Waals surface area contributed by atoms with Crippen LogP contribution in [0.15, 0.2) is 54.6 Å². The van der Waals surface area contributed by atoms with Crippen molar-refractivity contribution in [2.45, 2.75) is 19.8 Å². The number of anilines is 1. The number of hydrogen-bond acceptors (Lipinski definition) is 5. The summed E-state index contributed by atoms with van der Waals surface area (Å²) in [6.45, 7) is 2.29. The maximum atomic E-state index is 13.5. The van der Waals surface area contributed by atoms with Crippen LogP contribution in [0.3, 0.4) is 0 Å². The highest BCUT2D eigenvalue weighted by Gasteiger charge is 2.09. The molecule has 0 bridgehead atoms. The number of nitrogens with one attached hydrogen (secondary N) is 1. The Labute approximate surface area is 150 Å². The molecule has 0 aliphatic carbocycles. The molecule has 0 saturated carbocycles. The van der Waals surface area contributed by atoms with Crippen molar-refractivity contribution >= 4 is 23.0 Å². The Morgan fingerprint density at radius 3 is 2.62 bits per heavy atom. The Morgan fingerprint density at radius 1 is 1.27 bits per heavy atom. The zero-order chi connectivity index (χ0) is 18.9. The summed E-state index contributed by atoms with van der Waals surface area (Å²) >= 11 is 0. The SMILES string of the molecule is CCCCOC(=O)/C=C(/Nc1ccc([N+](=O)[O-])cc1)c1cccc(F)c1. The number of benzene rings is 2. The van der Waals surface area contributed by atoms with E-state index < -0.39 is 16.7 Å². The fourth-order valence-electron chi connectivity index (χ4n) is 2.15. The van der Waals surface area contributed by atoms with Gasteiger partial charge in [-0.1, -0.05) is 25.5 Å². The van der Waals surface area contributed by atoms with Crippen molar-refractivity contribution in [2.75, 3.05) is 11.9 Å². The van der Waals surface area contributed by atoms with Crippen molar-refractivity contribution in [3.63, 3.8) is 0 Å². The van der Waals surface area contributed by atoms with Crippen LogP contribution in [0.5, 0.6) is 0 Å². The predicted octanol–water partition coefficient (Wildman–Crippen LogP) is 4.53. The Balaban J connectivity index is 2.25. The van der Waals surface area contributed by atoms with Crippen LogP contribution in [-0.4, -0.2) is 17.5 Å². The van der Waals surface area contributed by atoms with Gasteiger partial charge in [-0.2, -0.15) is 0 Å². The summed E-state index contributed by atoms with van der Waals surface area (Å²) in [4.78, 5) is 22.2. The zero-order valence-electron chi connectivity index (χ0n) is 14.3. The summed E-state index contributed by atoms with van der Waals surface area (Å²) in [5.41, 5.74) is 1.26. The maximum Gasteiger partial charge on any atom is 0.332 e. The van der Waals surface area contributed by atoms with Crippen molar-refractivity contribution in [3.05, 3.63) is 76.1 Å². The molecule has 0 unspecified atom stereocenters. The smallest absolute Gasteiger partial charge is 0.332 e. The van der Waals surface area contributed by atoms with Gasteiger partial charge >= 0.3 is 5.97 Å². The molecule has 26 heavy (non-hydrogen) atoms. The highest BCUT2D eigenvalue weighted by Crippen LogP contribution is 2.22. The molecule has 0 aromatic heterocycles. The first kappa shape index (κ1) is 19.1. The number of esters is 1. The number of carbonyl (C=O) groups excluding carboxylic acids is 1. The van der Waals surface area contributed by atoms with Gasteiger partial charge in [-0.25, -0.2) is 9.18 Å². The van der Waals surface area contributed by atoms with E-state index >= 15 is 0 Å². The van der Waals surface area contributed by atoms with E-state index in [2.05, 4.69) is 5.32 Å². The number of nitro groups is 1. The highest BCUT2D eigenvalue weighted by atomic mass is 19.1. The van der Waals surface area contributed by atoms with Crippen molar-refractivity contribution in [2.24, 2.45) is 0 Å². The third kappa shape index (κ3) is 5.70. The molecule has 0 amide bonds. The summed E-state index contributed by atoms with van der Waals surface area (Å²) in [5.74, 6) is -0.995. The molecule has 0 atom stereocenters. The molecule has 0 saturated heterocycles. The standard InChI is InChI=1S/C19H19FN2O4/c1-2-3-11-26-19(23)13-18(14-5-4-6-15(20)12-14)21-16-7-9-17(10-8-16)22(24)25/h4-10,12-13,21H,2-3,11H2,1H3/b18-13+. The Hall–Kier alpha value is -3.22. The Kier molecular flexibility index (Phi) is 6.84. The minimum atomic E-state index is -0.549. The van der Waals surface area contributed by atoms with Crippen molar-refractivity contribution in [3.8, 4) is 0 Å². The molecule has 7 heteroatoms. The molecule has 0 fully saturated rings. The van der Waals surface area contributed by atoms with Crippen LogP contribution in [0.1, 0.15) is 25.3 Å². The van der Waals surface area contributed by atoms with Crippen LogP contribution < -0.4 is 5.32 Å². The molecule has 0 radical (unpaired) electrons. The number of halogens is 1. The van der Waals surface area contributed by atoms with E-state index in [4.69, 9.17) is 4.74 Å². The van der Waals surface area contributed by atoms with Gasteiger partial charge in [0.05, 0.1) is 17.2 Å². The lowest BCUT2D eigenvalue weighted by atomic mass is 10.1. The van der Waals surface area contributed by atoms with Crippen LogP contribution >= 0.6 is 0 Å². The lowest BCUT2D eigenvalue weighted by Gasteiger charge is -2.12. The van der Waals surface area contributed by atoms with E-state index in [1.165, 1.54) is 48.5 Å². The zero-order valence-corrected chi connectivity index (χ0v) is 14.3. The van der Waals surface area contributed by atoms with E-state index in [-0.39, 0.29) is 5.69 Å². The second-order valence-corrected chi connectivity index (χ2v) is 5.52. The van der Waals surface area contributed by atoms with Crippen molar-refractivity contribution in [1.82, 2.24) is 0 Å². The van der Waals surface area contributed by atoms with Gasteiger partial charge in [-0.3, -0.25) is 10.1 Å². The quantitative estimate of drug-likeness (QED) is 0.246. The molecule has 0 heterocycles. The first-order chi connectivity index (χ1) is 12.5. The Morgan fingerprint density at radius 2 is 2.00 bits per heavy atom. The van der Waals surface area contributed by atoms with Gasteiger partial charge < -0.3 is 10.1 Å². The van der Waals surface area contributed by atoms with E-state index in [1.54, 1.807) is 6.07 Å². The number of carbonyl (C=O) groups is 1. The topological polar surface area (TPSA) is 81.5 Å². The summed E-state index contributed by atoms with van der Waals surface area (Å²) in [6.07, 6.45) is 2.89. The number of unbranched alkanes of at least 4 members (excludes halogenated alkanes) is 1. The molecule has 0 spiro atoms. The normalized spacial score (nSPS) is 11.1. The van der Waals surface area contributed by atoms with Crippen LogP contribution in [0.4, 0.5) is 15.8 Å². The molecule has 1 N–H and O–H groups in total. The molecule has 2 aromatic rings. The van der Waals surface area contributed by atoms with Gasteiger partial charge in [-0.15, -0.1) is 0 Å². The molecule has 2 rings (SSSR count). The molecular formula is C19H19FN2O4. The van der Waals surface area contributed by atoms with E-state index in [0.29, 0.717) is 23.6 Å². The molecular weight excluding hydrogens is 339 g/mol. The molecule has 2 aromatic carbocycles. The summed E-state index contributed by atoms with van der Waals surface area (Å²) in [7, 11) is 0. The third-order valence-electron chi connectivity index (χ3n) is 3.50. The fraction of sp³-hybridized carbons (Fsp3) is 0.211. The number of hydrogen-bond donors (Lipinski definition) is 1. The largest absolute Gasteiger partial charge is 0.462 e. The van der Waals surface area contributed by atoms with Crippen LogP contribution in [-0.2, 0) is 9.53 Å². The molecule has 0 aliphatic heterocycles. The lowest BCUT2D eigenvalue weighted by Crippen LogP contribution is -2.07. The second-order valence-electron chi connectivity index (χ2n) is 5.52. The summed E-state index contributed by atoms with van der Waals surface area (Å²) in [6, 6.07) is 11.4. The van der Waals surface area contributed by atoms with Gasteiger partial charge in [0.1, 0.15) is 5.82 Å². The highest BCUT2D eigenvalue weighted by molar-refractivity contribution is 5.94. The van der Waals surface area contributed by atoms with Crippen LogP contribution in [0.2, 0.25) is 0 Å². The van der Waals surface area contributed by atoms with Gasteiger partial charge in [0.25, 0.3) is 5.69 Å². The summed E-state index contributed by atoms with van der Waals surface area (Å²) < 4.78 is 18.7. The van der Waals surface area contributed by atoms with Crippen LogP contribution in [0, 0.1) is 15.9 Å². The van der Waals surface area contributed by atoms with Crippen molar-refractivity contribution in [1.29, 1.82) is 0 Å².